The molecule has 1 aliphatic heterocycles. The molecule has 2 unspecified atom stereocenters. The predicted octanol–water partition coefficient (Wildman–Crippen LogP) is 10.5. The number of alkyl halides is 4. The minimum absolute atomic E-state index is 0.0965. The molecule has 254 valence electrons. The van der Waals surface area contributed by atoms with Crippen LogP contribution in [0.5, 0.6) is 11.5 Å². The Balaban J connectivity index is 1.20. The van der Waals surface area contributed by atoms with Gasteiger partial charge in [0.2, 0.25) is 5.75 Å². The Morgan fingerprint density at radius 2 is 1.42 bits per heavy atom. The van der Waals surface area contributed by atoms with E-state index in [2.05, 4.69) is 15.5 Å². The Kier molecular flexibility index (Phi) is 12.2. The van der Waals surface area contributed by atoms with E-state index in [0.717, 1.165) is 32.3 Å². The molecule has 0 amide bonds. The normalized spacial score (nSPS) is 28.2. The van der Waals surface area contributed by atoms with Crippen molar-refractivity contribution in [3.05, 3.63) is 48.0 Å². The van der Waals surface area contributed by atoms with Gasteiger partial charge in [-0.25, -0.2) is 8.78 Å². The lowest BCUT2D eigenvalue weighted by molar-refractivity contribution is -0.306. The van der Waals surface area contributed by atoms with E-state index in [4.69, 9.17) is 9.47 Å². The molecule has 0 radical (unpaired) electrons. The maximum Gasteiger partial charge on any atom is 0.400 e. The van der Waals surface area contributed by atoms with E-state index >= 15 is 8.78 Å². The highest BCUT2D eigenvalue weighted by Crippen LogP contribution is 2.45. The van der Waals surface area contributed by atoms with Crippen molar-refractivity contribution in [1.29, 1.82) is 0 Å². The van der Waals surface area contributed by atoms with Gasteiger partial charge in [0.25, 0.3) is 0 Å². The van der Waals surface area contributed by atoms with Gasteiger partial charge in [-0.15, -0.1) is 0 Å². The van der Waals surface area contributed by atoms with Gasteiger partial charge in [0, 0.05) is 18.1 Å². The van der Waals surface area contributed by atoms with Gasteiger partial charge in [-0.3, -0.25) is 0 Å². The molecule has 2 atom stereocenters. The van der Waals surface area contributed by atoms with E-state index < -0.39 is 65.4 Å². The SMILES string of the molecule is CC=CC1CCC(CCC2CCC(C(F)(F)OC3CCC(C(F)(F)Oc4cc(F)c(OC(F)=C(F)F)c(F)c4)CC3)CC2)OC1. The second kappa shape index (κ2) is 15.5. The maximum atomic E-state index is 15.1. The van der Waals surface area contributed by atoms with E-state index in [0.29, 0.717) is 37.5 Å². The number of benzene rings is 1. The summed E-state index contributed by atoms with van der Waals surface area (Å²) in [5.41, 5.74) is 0. The third kappa shape index (κ3) is 9.79. The zero-order valence-corrected chi connectivity index (χ0v) is 25.0. The van der Waals surface area contributed by atoms with Crippen LogP contribution in [0.25, 0.3) is 0 Å². The van der Waals surface area contributed by atoms with Crippen LogP contribution >= 0.6 is 0 Å². The summed E-state index contributed by atoms with van der Waals surface area (Å²) in [6.07, 6.45) is -1.61. The average Bonchev–Trinajstić information content (AvgIpc) is 2.99. The topological polar surface area (TPSA) is 36.9 Å². The van der Waals surface area contributed by atoms with Gasteiger partial charge in [-0.05, 0) is 89.9 Å². The summed E-state index contributed by atoms with van der Waals surface area (Å²) in [7, 11) is 0. The zero-order valence-electron chi connectivity index (χ0n) is 25.0. The van der Waals surface area contributed by atoms with Gasteiger partial charge in [0.15, 0.2) is 11.6 Å². The van der Waals surface area contributed by atoms with E-state index in [9.17, 15) is 30.7 Å². The second-order valence-electron chi connectivity index (χ2n) is 12.3. The summed E-state index contributed by atoms with van der Waals surface area (Å²) in [5, 5.41) is 0. The molecule has 1 aromatic carbocycles. The molecule has 0 spiro atoms. The van der Waals surface area contributed by atoms with Crippen molar-refractivity contribution in [2.75, 3.05) is 6.61 Å². The quantitative estimate of drug-likeness (QED) is 0.127. The highest BCUT2D eigenvalue weighted by Gasteiger charge is 2.48. The van der Waals surface area contributed by atoms with Crippen molar-refractivity contribution in [1.82, 2.24) is 0 Å². The molecule has 3 fully saturated rings. The Morgan fingerprint density at radius 1 is 0.822 bits per heavy atom. The van der Waals surface area contributed by atoms with E-state index in [-0.39, 0.29) is 43.9 Å². The Bertz CT molecular complexity index is 1140. The Morgan fingerprint density at radius 3 is 1.98 bits per heavy atom. The summed E-state index contributed by atoms with van der Waals surface area (Å²) >= 11 is 0. The van der Waals surface area contributed by atoms with Crippen LogP contribution in [0.1, 0.15) is 84.0 Å². The van der Waals surface area contributed by atoms with Crippen LogP contribution in [0.2, 0.25) is 0 Å². The average molecular weight is 659 g/mol. The van der Waals surface area contributed by atoms with E-state index in [1.54, 1.807) is 0 Å². The lowest BCUT2D eigenvalue weighted by atomic mass is 9.78. The number of allylic oxidation sites excluding steroid dienone is 1. The first-order valence-corrected chi connectivity index (χ1v) is 15.5. The van der Waals surface area contributed by atoms with Crippen molar-refractivity contribution >= 4 is 0 Å². The Labute approximate surface area is 256 Å². The predicted molar refractivity (Wildman–Crippen MR) is 147 cm³/mol. The van der Waals surface area contributed by atoms with Gasteiger partial charge in [-0.2, -0.15) is 30.7 Å². The monoisotopic (exact) mass is 658 g/mol. The summed E-state index contributed by atoms with van der Waals surface area (Å²) < 4.78 is 145. The largest absolute Gasteiger partial charge is 0.432 e. The summed E-state index contributed by atoms with van der Waals surface area (Å²) in [6, 6.07) is -2.07. The molecule has 2 saturated carbocycles. The van der Waals surface area contributed by atoms with Crippen molar-refractivity contribution in [3.63, 3.8) is 0 Å². The van der Waals surface area contributed by atoms with Crippen molar-refractivity contribution < 1.29 is 58.5 Å². The Hall–Kier alpha value is -2.41. The highest BCUT2D eigenvalue weighted by atomic mass is 19.3. The third-order valence-corrected chi connectivity index (χ3v) is 9.13. The molecule has 4 nitrogen and oxygen atoms in total. The summed E-state index contributed by atoms with van der Waals surface area (Å²) in [6.45, 7) is 2.71. The maximum absolute atomic E-state index is 15.1. The van der Waals surface area contributed by atoms with Gasteiger partial charge in [0.05, 0.1) is 30.7 Å². The number of ether oxygens (including phenoxy) is 4. The molecule has 0 bridgehead atoms. The first kappa shape index (κ1) is 35.4. The first-order chi connectivity index (χ1) is 21.3. The smallest absolute Gasteiger partial charge is 0.400 e. The van der Waals surface area contributed by atoms with Crippen LogP contribution in [-0.4, -0.2) is 31.0 Å². The minimum atomic E-state index is -3.94. The van der Waals surface area contributed by atoms with Crippen LogP contribution in [0, 0.1) is 35.3 Å². The van der Waals surface area contributed by atoms with Crippen LogP contribution in [0.3, 0.4) is 0 Å². The number of hydrogen-bond donors (Lipinski definition) is 0. The van der Waals surface area contributed by atoms with E-state index in [1.807, 2.05) is 13.0 Å². The number of halogens is 9. The molecule has 13 heteroatoms. The molecule has 0 aromatic heterocycles. The van der Waals surface area contributed by atoms with Gasteiger partial charge >= 0.3 is 24.3 Å². The first-order valence-electron chi connectivity index (χ1n) is 15.5. The zero-order chi connectivity index (χ0) is 32.8. The van der Waals surface area contributed by atoms with Crippen LogP contribution in [-0.2, 0) is 9.47 Å². The van der Waals surface area contributed by atoms with E-state index in [1.165, 1.54) is 0 Å². The highest BCUT2D eigenvalue weighted by molar-refractivity contribution is 5.36. The summed E-state index contributed by atoms with van der Waals surface area (Å²) in [4.78, 5) is 0. The van der Waals surface area contributed by atoms with Gasteiger partial charge in [-0.1, -0.05) is 12.2 Å². The second-order valence-corrected chi connectivity index (χ2v) is 12.3. The molecule has 1 heterocycles. The van der Waals surface area contributed by atoms with Crippen LogP contribution in [0.4, 0.5) is 39.5 Å². The molecule has 1 saturated heterocycles. The lowest BCUT2D eigenvalue weighted by Crippen LogP contribution is -2.42. The fraction of sp³-hybridized carbons (Fsp3) is 0.688. The third-order valence-electron chi connectivity index (χ3n) is 9.13. The number of hydrogen-bond acceptors (Lipinski definition) is 4. The standard InChI is InChI=1S/C32H39F9O4/c1-2-3-20-7-13-23(42-18-20)12-6-19-4-8-21(9-5-19)31(38,39)44-24-14-10-22(11-15-24)32(40,41)45-25-16-26(33)28(27(34)17-25)43-30(37)29(35)36/h2-3,16-17,19-24H,4-15,18H2,1H3. The minimum Gasteiger partial charge on any atom is -0.432 e. The molecule has 2 aliphatic carbocycles. The van der Waals surface area contributed by atoms with Crippen LogP contribution in [0.15, 0.2) is 36.4 Å². The molecule has 0 N–H and O–H groups in total. The molecule has 4 rings (SSSR count). The molecule has 1 aromatic rings. The molecular formula is C32H39F9O4. The van der Waals surface area contributed by atoms with Gasteiger partial charge in [0.1, 0.15) is 5.75 Å². The van der Waals surface area contributed by atoms with Crippen molar-refractivity contribution in [2.24, 2.45) is 23.7 Å². The van der Waals surface area contributed by atoms with Crippen LogP contribution < -0.4 is 9.47 Å². The fourth-order valence-electron chi connectivity index (χ4n) is 6.58. The number of rotatable bonds is 12. The lowest BCUT2D eigenvalue weighted by Gasteiger charge is -2.38. The molecule has 45 heavy (non-hydrogen) atoms. The van der Waals surface area contributed by atoms with Gasteiger partial charge < -0.3 is 18.9 Å². The summed E-state index contributed by atoms with van der Waals surface area (Å²) in [5.74, 6) is -7.65. The molecule has 3 aliphatic rings. The van der Waals surface area contributed by atoms with Crippen molar-refractivity contribution in [3.8, 4) is 11.5 Å². The van der Waals surface area contributed by atoms with Crippen molar-refractivity contribution in [2.45, 2.75) is 108 Å². The fourth-order valence-corrected chi connectivity index (χ4v) is 6.58. The molecular weight excluding hydrogens is 619 g/mol.